The number of imidazole rings is 1. The van der Waals surface area contributed by atoms with Crippen molar-refractivity contribution in [1.29, 1.82) is 0 Å². The Morgan fingerprint density at radius 2 is 2.04 bits per heavy atom. The first-order valence-electron chi connectivity index (χ1n) is 8.75. The highest BCUT2D eigenvalue weighted by Gasteiger charge is 2.09. The Kier molecular flexibility index (Phi) is 8.52. The third kappa shape index (κ3) is 7.30. The van der Waals surface area contributed by atoms with E-state index in [0.717, 1.165) is 30.4 Å². The summed E-state index contributed by atoms with van der Waals surface area (Å²) in [6.45, 7) is 4.95. The van der Waals surface area contributed by atoms with Gasteiger partial charge in [0.25, 0.3) is 0 Å². The SMILES string of the molecule is Cc1c[n+](CCCCBr)cn1CCCNC(=O)OCc1ccccc1. The van der Waals surface area contributed by atoms with Gasteiger partial charge in [-0.1, -0.05) is 46.3 Å². The van der Waals surface area contributed by atoms with Crippen LogP contribution in [-0.2, 0) is 24.4 Å². The summed E-state index contributed by atoms with van der Waals surface area (Å²) in [7, 11) is 0. The molecule has 0 unspecified atom stereocenters. The third-order valence-electron chi connectivity index (χ3n) is 3.95. The summed E-state index contributed by atoms with van der Waals surface area (Å²) in [5.74, 6) is 0. The van der Waals surface area contributed by atoms with Crippen LogP contribution in [0, 0.1) is 6.92 Å². The van der Waals surface area contributed by atoms with E-state index in [1.807, 2.05) is 30.3 Å². The van der Waals surface area contributed by atoms with Gasteiger partial charge < -0.3 is 10.1 Å². The molecule has 1 aromatic carbocycles. The molecule has 6 heteroatoms. The zero-order valence-corrected chi connectivity index (χ0v) is 16.4. The van der Waals surface area contributed by atoms with E-state index in [2.05, 4.69) is 49.8 Å². The number of alkyl carbamates (subject to hydrolysis) is 1. The molecule has 1 amide bonds. The van der Waals surface area contributed by atoms with Gasteiger partial charge in [-0.15, -0.1) is 0 Å². The Labute approximate surface area is 158 Å². The molecule has 0 atom stereocenters. The number of benzene rings is 1. The second-order valence-corrected chi connectivity index (χ2v) is 6.85. The third-order valence-corrected chi connectivity index (χ3v) is 4.51. The first-order chi connectivity index (χ1) is 12.2. The number of alkyl halides is 1. The summed E-state index contributed by atoms with van der Waals surface area (Å²) in [6.07, 6.45) is 7.20. The predicted molar refractivity (Wildman–Crippen MR) is 102 cm³/mol. The van der Waals surface area contributed by atoms with Gasteiger partial charge in [0.15, 0.2) is 0 Å². The lowest BCUT2D eigenvalue weighted by Crippen LogP contribution is -2.31. The van der Waals surface area contributed by atoms with E-state index < -0.39 is 0 Å². The number of carbonyl (C=O) groups excluding carboxylic acids is 1. The maximum Gasteiger partial charge on any atom is 0.407 e. The number of hydrogen-bond acceptors (Lipinski definition) is 2. The number of amides is 1. The second-order valence-electron chi connectivity index (χ2n) is 6.06. The van der Waals surface area contributed by atoms with Gasteiger partial charge in [-0.05, 0) is 18.4 Å². The van der Waals surface area contributed by atoms with Gasteiger partial charge in [0.1, 0.15) is 18.5 Å². The van der Waals surface area contributed by atoms with Gasteiger partial charge in [0, 0.05) is 25.2 Å². The van der Waals surface area contributed by atoms with E-state index in [-0.39, 0.29) is 6.09 Å². The quantitative estimate of drug-likeness (QED) is 0.371. The number of rotatable bonds is 10. The molecule has 2 aromatic rings. The summed E-state index contributed by atoms with van der Waals surface area (Å²) in [5, 5.41) is 3.86. The number of aromatic nitrogens is 2. The minimum atomic E-state index is -0.363. The molecular formula is C19H27BrN3O2+. The second kappa shape index (κ2) is 10.9. The van der Waals surface area contributed by atoms with Crippen molar-refractivity contribution in [1.82, 2.24) is 9.88 Å². The van der Waals surface area contributed by atoms with Crippen molar-refractivity contribution in [2.45, 2.75) is 45.9 Å². The van der Waals surface area contributed by atoms with Crippen molar-refractivity contribution in [3.8, 4) is 0 Å². The molecule has 0 saturated heterocycles. The molecule has 0 spiro atoms. The molecule has 1 aromatic heterocycles. The van der Waals surface area contributed by atoms with Crippen LogP contribution in [0.3, 0.4) is 0 Å². The van der Waals surface area contributed by atoms with Crippen molar-refractivity contribution >= 4 is 22.0 Å². The standard InChI is InChI=1S/C19H26BrN3O2/c1-17-14-22(12-6-5-10-20)16-23(17)13-7-11-21-19(24)25-15-18-8-3-2-4-9-18/h2-4,8-9,14,16H,5-7,10-13,15H2,1H3/p+1. The highest BCUT2D eigenvalue weighted by atomic mass is 79.9. The molecule has 0 aliphatic rings. The Morgan fingerprint density at radius 3 is 2.80 bits per heavy atom. The van der Waals surface area contributed by atoms with Gasteiger partial charge in [-0.25, -0.2) is 13.9 Å². The fourth-order valence-electron chi connectivity index (χ4n) is 2.58. The molecule has 0 bridgehead atoms. The molecule has 0 radical (unpaired) electrons. The van der Waals surface area contributed by atoms with Crippen molar-refractivity contribution < 1.29 is 14.1 Å². The molecule has 5 nitrogen and oxygen atoms in total. The molecule has 0 aliphatic heterocycles. The van der Waals surface area contributed by atoms with Crippen LogP contribution in [0.1, 0.15) is 30.5 Å². The average Bonchev–Trinajstić information content (AvgIpc) is 2.98. The number of aryl methyl sites for hydroxylation is 3. The zero-order chi connectivity index (χ0) is 17.9. The van der Waals surface area contributed by atoms with Gasteiger partial charge >= 0.3 is 6.09 Å². The molecule has 136 valence electrons. The number of carbonyl (C=O) groups is 1. The Morgan fingerprint density at radius 1 is 1.24 bits per heavy atom. The van der Waals surface area contributed by atoms with Crippen LogP contribution in [-0.4, -0.2) is 22.5 Å². The number of nitrogens with zero attached hydrogens (tertiary/aromatic N) is 2. The van der Waals surface area contributed by atoms with Crippen molar-refractivity contribution in [2.24, 2.45) is 0 Å². The molecule has 0 aliphatic carbocycles. The maximum absolute atomic E-state index is 11.7. The Bertz CT molecular complexity index is 643. The van der Waals surface area contributed by atoms with Gasteiger partial charge in [0.2, 0.25) is 6.33 Å². The maximum atomic E-state index is 11.7. The summed E-state index contributed by atoms with van der Waals surface area (Å²) >= 11 is 3.46. The monoisotopic (exact) mass is 408 g/mol. The van der Waals surface area contributed by atoms with Crippen LogP contribution in [0.5, 0.6) is 0 Å². The van der Waals surface area contributed by atoms with E-state index in [1.54, 1.807) is 0 Å². The van der Waals surface area contributed by atoms with Crippen LogP contribution >= 0.6 is 15.9 Å². The largest absolute Gasteiger partial charge is 0.445 e. The zero-order valence-electron chi connectivity index (χ0n) is 14.8. The van der Waals surface area contributed by atoms with Crippen LogP contribution in [0.2, 0.25) is 0 Å². The van der Waals surface area contributed by atoms with E-state index in [4.69, 9.17) is 4.74 Å². The smallest absolute Gasteiger partial charge is 0.407 e. The lowest BCUT2D eigenvalue weighted by Gasteiger charge is -2.06. The molecule has 1 heterocycles. The number of hydrogen-bond donors (Lipinski definition) is 1. The normalized spacial score (nSPS) is 10.6. The number of ether oxygens (including phenoxy) is 1. The van der Waals surface area contributed by atoms with E-state index in [9.17, 15) is 4.79 Å². The average molecular weight is 409 g/mol. The molecule has 0 saturated carbocycles. The highest BCUT2D eigenvalue weighted by molar-refractivity contribution is 9.09. The minimum absolute atomic E-state index is 0.303. The minimum Gasteiger partial charge on any atom is -0.445 e. The van der Waals surface area contributed by atoms with Crippen LogP contribution in [0.15, 0.2) is 42.9 Å². The summed E-state index contributed by atoms with van der Waals surface area (Å²) < 4.78 is 9.66. The van der Waals surface area contributed by atoms with Crippen LogP contribution < -0.4 is 9.88 Å². The summed E-state index contributed by atoms with van der Waals surface area (Å²) in [4.78, 5) is 11.7. The van der Waals surface area contributed by atoms with Gasteiger partial charge in [0.05, 0.1) is 13.1 Å². The fourth-order valence-corrected chi connectivity index (χ4v) is 2.97. The number of nitrogens with one attached hydrogen (secondary N) is 1. The summed E-state index contributed by atoms with van der Waals surface area (Å²) in [5.41, 5.74) is 2.23. The fraction of sp³-hybridized carbons (Fsp3) is 0.474. The van der Waals surface area contributed by atoms with E-state index in [1.165, 1.54) is 18.5 Å². The topological polar surface area (TPSA) is 47.1 Å². The van der Waals surface area contributed by atoms with Crippen molar-refractivity contribution in [3.63, 3.8) is 0 Å². The first kappa shape index (κ1) is 19.5. The molecule has 1 N–H and O–H groups in total. The van der Waals surface area contributed by atoms with Crippen molar-refractivity contribution in [2.75, 3.05) is 11.9 Å². The lowest BCUT2D eigenvalue weighted by molar-refractivity contribution is -0.697. The summed E-state index contributed by atoms with van der Waals surface area (Å²) in [6, 6.07) is 9.69. The Hall–Kier alpha value is -1.82. The lowest BCUT2D eigenvalue weighted by atomic mass is 10.2. The van der Waals surface area contributed by atoms with E-state index in [0.29, 0.717) is 13.2 Å². The number of unbranched alkanes of at least 4 members (excludes halogenated alkanes) is 1. The molecule has 0 fully saturated rings. The van der Waals surface area contributed by atoms with Crippen molar-refractivity contribution in [3.05, 3.63) is 54.1 Å². The van der Waals surface area contributed by atoms with Gasteiger partial charge in [-0.3, -0.25) is 0 Å². The highest BCUT2D eigenvalue weighted by Crippen LogP contribution is 2.01. The molecule has 2 rings (SSSR count). The van der Waals surface area contributed by atoms with E-state index >= 15 is 0 Å². The molecular weight excluding hydrogens is 382 g/mol. The molecule has 25 heavy (non-hydrogen) atoms. The van der Waals surface area contributed by atoms with Crippen LogP contribution in [0.4, 0.5) is 4.79 Å². The first-order valence-corrected chi connectivity index (χ1v) is 9.87. The Balaban J connectivity index is 1.63. The predicted octanol–water partition coefficient (Wildman–Crippen LogP) is 3.58. The van der Waals surface area contributed by atoms with Crippen LogP contribution in [0.25, 0.3) is 0 Å². The number of halogens is 1. The van der Waals surface area contributed by atoms with Gasteiger partial charge in [-0.2, -0.15) is 0 Å².